The maximum atomic E-state index is 12.9. The fourth-order valence-electron chi connectivity index (χ4n) is 2.83. The van der Waals surface area contributed by atoms with Gasteiger partial charge in [-0.1, -0.05) is 18.6 Å². The van der Waals surface area contributed by atoms with Crippen molar-refractivity contribution in [3.05, 3.63) is 35.6 Å². The van der Waals surface area contributed by atoms with E-state index < -0.39 is 5.97 Å². The Morgan fingerprint density at radius 3 is 2.74 bits per heavy atom. The van der Waals surface area contributed by atoms with Crippen LogP contribution < -0.4 is 0 Å². The van der Waals surface area contributed by atoms with Gasteiger partial charge in [-0.05, 0) is 50.4 Å². The molecule has 2 atom stereocenters. The van der Waals surface area contributed by atoms with Crippen molar-refractivity contribution in [2.75, 3.05) is 6.54 Å². The molecule has 1 fully saturated rings. The summed E-state index contributed by atoms with van der Waals surface area (Å²) in [5, 5.41) is 9.27. The Morgan fingerprint density at radius 2 is 2.11 bits per heavy atom. The maximum Gasteiger partial charge on any atom is 0.320 e. The summed E-state index contributed by atoms with van der Waals surface area (Å²) in [5.74, 6) is -0.969. The van der Waals surface area contributed by atoms with E-state index in [1.54, 1.807) is 12.1 Å². The molecule has 2 rings (SSSR count). The molecule has 0 amide bonds. The minimum absolute atomic E-state index is 0.159. The summed E-state index contributed by atoms with van der Waals surface area (Å²) in [6, 6.07) is 6.23. The minimum atomic E-state index is -0.731. The van der Waals surface area contributed by atoms with Crippen LogP contribution in [0.2, 0.25) is 0 Å². The van der Waals surface area contributed by atoms with E-state index in [0.29, 0.717) is 0 Å². The number of hydrogen-bond acceptors (Lipinski definition) is 2. The van der Waals surface area contributed by atoms with Crippen LogP contribution in [0.25, 0.3) is 0 Å². The number of nitrogens with zero attached hydrogens (tertiary/aromatic N) is 1. The second-order valence-electron chi connectivity index (χ2n) is 5.27. The Morgan fingerprint density at radius 1 is 1.42 bits per heavy atom. The van der Waals surface area contributed by atoms with Crippen LogP contribution in [-0.4, -0.2) is 34.6 Å². The molecule has 1 aromatic carbocycles. The predicted octanol–water partition coefficient (Wildman–Crippen LogP) is 2.70. The number of aliphatic carboxylic acids is 1. The van der Waals surface area contributed by atoms with Gasteiger partial charge in [-0.2, -0.15) is 0 Å². The average molecular weight is 265 g/mol. The lowest BCUT2D eigenvalue weighted by atomic mass is 9.97. The van der Waals surface area contributed by atoms with Gasteiger partial charge >= 0.3 is 5.97 Å². The van der Waals surface area contributed by atoms with E-state index in [2.05, 4.69) is 4.90 Å². The van der Waals surface area contributed by atoms with Gasteiger partial charge in [0.1, 0.15) is 11.9 Å². The Labute approximate surface area is 113 Å². The van der Waals surface area contributed by atoms with Crippen LogP contribution in [0.1, 0.15) is 31.7 Å². The highest BCUT2D eigenvalue weighted by Gasteiger charge is 2.31. The van der Waals surface area contributed by atoms with Gasteiger partial charge in [-0.3, -0.25) is 9.69 Å². The molecule has 0 bridgehead atoms. The molecule has 1 saturated heterocycles. The molecule has 1 heterocycles. The molecule has 0 aliphatic carbocycles. The quantitative estimate of drug-likeness (QED) is 0.910. The molecule has 2 unspecified atom stereocenters. The lowest BCUT2D eigenvalue weighted by Crippen LogP contribution is -2.49. The first-order chi connectivity index (χ1) is 9.08. The normalized spacial score (nSPS) is 22.1. The van der Waals surface area contributed by atoms with Crippen molar-refractivity contribution >= 4 is 5.97 Å². The Hall–Kier alpha value is -1.42. The molecule has 0 radical (unpaired) electrons. The molecule has 0 spiro atoms. The van der Waals surface area contributed by atoms with Crippen molar-refractivity contribution in [3.8, 4) is 0 Å². The van der Waals surface area contributed by atoms with Gasteiger partial charge in [0.2, 0.25) is 0 Å². The van der Waals surface area contributed by atoms with E-state index in [0.717, 1.165) is 37.8 Å². The third-order valence-electron chi connectivity index (χ3n) is 3.84. The Bertz CT molecular complexity index is 432. The molecule has 1 N–H and O–H groups in total. The summed E-state index contributed by atoms with van der Waals surface area (Å²) in [4.78, 5) is 13.3. The zero-order chi connectivity index (χ0) is 13.8. The number of halogens is 1. The highest BCUT2D eigenvalue weighted by molar-refractivity contribution is 5.73. The van der Waals surface area contributed by atoms with E-state index in [1.165, 1.54) is 12.1 Å². The first-order valence-corrected chi connectivity index (χ1v) is 6.81. The smallest absolute Gasteiger partial charge is 0.320 e. The molecule has 1 aliphatic rings. The molecule has 104 valence electrons. The number of carboxylic acid groups (broad SMARTS) is 1. The first-order valence-electron chi connectivity index (χ1n) is 6.81. The molecule has 4 heteroatoms. The Balaban J connectivity index is 2.03. The number of carboxylic acids is 1. The zero-order valence-corrected chi connectivity index (χ0v) is 11.2. The molecular formula is C15H20FNO2. The molecule has 1 aliphatic heterocycles. The van der Waals surface area contributed by atoms with Gasteiger partial charge in [0.15, 0.2) is 0 Å². The number of rotatable bonds is 4. The Kier molecular flexibility index (Phi) is 4.53. The first kappa shape index (κ1) is 14.0. The van der Waals surface area contributed by atoms with Crippen molar-refractivity contribution in [1.82, 2.24) is 4.90 Å². The topological polar surface area (TPSA) is 40.5 Å². The highest BCUT2D eigenvalue weighted by Crippen LogP contribution is 2.21. The fraction of sp³-hybridized carbons (Fsp3) is 0.533. The van der Waals surface area contributed by atoms with E-state index in [4.69, 9.17) is 0 Å². The van der Waals surface area contributed by atoms with Crippen LogP contribution in [-0.2, 0) is 11.2 Å². The molecule has 3 nitrogen and oxygen atoms in total. The molecule has 0 saturated carbocycles. The van der Waals surface area contributed by atoms with Crippen LogP contribution in [0, 0.1) is 5.82 Å². The lowest BCUT2D eigenvalue weighted by molar-refractivity contribution is -0.145. The maximum absolute atomic E-state index is 12.9. The number of carbonyl (C=O) groups is 1. The van der Waals surface area contributed by atoms with Gasteiger partial charge in [0.05, 0.1) is 0 Å². The van der Waals surface area contributed by atoms with Crippen molar-refractivity contribution in [2.24, 2.45) is 0 Å². The van der Waals surface area contributed by atoms with E-state index in [-0.39, 0.29) is 17.9 Å². The molecule has 0 aromatic heterocycles. The van der Waals surface area contributed by atoms with Crippen LogP contribution >= 0.6 is 0 Å². The monoisotopic (exact) mass is 265 g/mol. The zero-order valence-electron chi connectivity index (χ0n) is 11.2. The van der Waals surface area contributed by atoms with E-state index in [9.17, 15) is 14.3 Å². The molecule has 19 heavy (non-hydrogen) atoms. The SMILES string of the molecule is CC(Cc1ccc(F)cc1)N1CCCCC1C(=O)O. The van der Waals surface area contributed by atoms with Crippen LogP contribution in [0.4, 0.5) is 4.39 Å². The average Bonchev–Trinajstić information content (AvgIpc) is 2.41. The van der Waals surface area contributed by atoms with Gasteiger partial charge < -0.3 is 5.11 Å². The third kappa shape index (κ3) is 3.53. The van der Waals surface area contributed by atoms with Crippen LogP contribution in [0.5, 0.6) is 0 Å². The van der Waals surface area contributed by atoms with E-state index in [1.807, 2.05) is 6.92 Å². The standard InChI is InChI=1S/C15H20FNO2/c1-11(10-12-5-7-13(16)8-6-12)17-9-3-2-4-14(17)15(18)19/h5-8,11,14H,2-4,9-10H2,1H3,(H,18,19). The summed E-state index contributed by atoms with van der Waals surface area (Å²) in [6.07, 6.45) is 3.52. The third-order valence-corrected chi connectivity index (χ3v) is 3.84. The predicted molar refractivity (Wildman–Crippen MR) is 71.5 cm³/mol. The highest BCUT2D eigenvalue weighted by atomic mass is 19.1. The van der Waals surface area contributed by atoms with Crippen LogP contribution in [0.3, 0.4) is 0 Å². The van der Waals surface area contributed by atoms with Crippen molar-refractivity contribution in [2.45, 2.75) is 44.7 Å². The van der Waals surface area contributed by atoms with Gasteiger partial charge in [-0.15, -0.1) is 0 Å². The summed E-state index contributed by atoms with van der Waals surface area (Å²) in [7, 11) is 0. The summed E-state index contributed by atoms with van der Waals surface area (Å²) in [5.41, 5.74) is 1.05. The van der Waals surface area contributed by atoms with Gasteiger partial charge in [0, 0.05) is 6.04 Å². The van der Waals surface area contributed by atoms with Crippen molar-refractivity contribution in [1.29, 1.82) is 0 Å². The summed E-state index contributed by atoms with van der Waals surface area (Å²) < 4.78 is 12.9. The summed E-state index contributed by atoms with van der Waals surface area (Å²) in [6.45, 7) is 2.88. The molecular weight excluding hydrogens is 245 g/mol. The second kappa shape index (κ2) is 6.15. The number of likely N-dealkylation sites (tertiary alicyclic amines) is 1. The van der Waals surface area contributed by atoms with Crippen molar-refractivity contribution < 1.29 is 14.3 Å². The van der Waals surface area contributed by atoms with Crippen LogP contribution in [0.15, 0.2) is 24.3 Å². The van der Waals surface area contributed by atoms with Crippen molar-refractivity contribution in [3.63, 3.8) is 0 Å². The van der Waals surface area contributed by atoms with E-state index >= 15 is 0 Å². The second-order valence-corrected chi connectivity index (χ2v) is 5.27. The summed E-state index contributed by atoms with van der Waals surface area (Å²) >= 11 is 0. The number of piperidine rings is 1. The fourth-order valence-corrected chi connectivity index (χ4v) is 2.83. The number of benzene rings is 1. The van der Waals surface area contributed by atoms with Gasteiger partial charge in [0.25, 0.3) is 0 Å². The van der Waals surface area contributed by atoms with Gasteiger partial charge in [-0.25, -0.2) is 4.39 Å². The molecule has 1 aromatic rings. The minimum Gasteiger partial charge on any atom is -0.480 e. The largest absolute Gasteiger partial charge is 0.480 e. The number of hydrogen-bond donors (Lipinski definition) is 1. The lowest BCUT2D eigenvalue weighted by Gasteiger charge is -2.37.